The maximum Gasteiger partial charge on any atom is 0.373 e. The van der Waals surface area contributed by atoms with Crippen molar-refractivity contribution in [1.82, 2.24) is 15.0 Å². The van der Waals surface area contributed by atoms with Crippen molar-refractivity contribution in [3.8, 4) is 11.6 Å². The molecule has 1 N–H and O–H groups in total. The normalized spacial score (nSPS) is 10.7. The number of para-hydroxylation sites is 1. The highest BCUT2D eigenvalue weighted by Crippen LogP contribution is 2.36. The fourth-order valence-electron chi connectivity index (χ4n) is 2.92. The van der Waals surface area contributed by atoms with Crippen molar-refractivity contribution in [2.75, 3.05) is 5.32 Å². The minimum atomic E-state index is -0.605. The molecule has 150 valence electrons. The Balaban J connectivity index is 1.67. The lowest BCUT2D eigenvalue weighted by atomic mass is 10.2. The lowest BCUT2D eigenvalue weighted by molar-refractivity contribution is -0.385. The molecule has 0 aliphatic rings. The van der Waals surface area contributed by atoms with Gasteiger partial charge in [-0.3, -0.25) is 10.1 Å². The Kier molecular flexibility index (Phi) is 5.17. The second kappa shape index (κ2) is 8.08. The summed E-state index contributed by atoms with van der Waals surface area (Å²) in [5, 5.41) is 15.5. The first-order valence-corrected chi connectivity index (χ1v) is 9.03. The van der Waals surface area contributed by atoms with Crippen LogP contribution in [0.3, 0.4) is 0 Å². The highest BCUT2D eigenvalue weighted by molar-refractivity contribution is 5.85. The molecule has 0 atom stereocenters. The number of aryl methyl sites for hydroxylation is 1. The van der Waals surface area contributed by atoms with Crippen molar-refractivity contribution in [2.45, 2.75) is 13.5 Å². The van der Waals surface area contributed by atoms with Crippen molar-refractivity contribution >= 4 is 22.4 Å². The molecule has 0 aliphatic carbocycles. The third-order valence-electron chi connectivity index (χ3n) is 4.37. The van der Waals surface area contributed by atoms with Crippen LogP contribution in [0.1, 0.15) is 11.3 Å². The van der Waals surface area contributed by atoms with Gasteiger partial charge in [-0.1, -0.05) is 30.3 Å². The van der Waals surface area contributed by atoms with Gasteiger partial charge in [-0.2, -0.15) is 4.98 Å². The minimum absolute atomic E-state index is 0.00120. The number of pyridine rings is 1. The van der Waals surface area contributed by atoms with Gasteiger partial charge >= 0.3 is 11.6 Å². The number of halogens is 1. The van der Waals surface area contributed by atoms with Gasteiger partial charge in [0.1, 0.15) is 17.7 Å². The third-order valence-corrected chi connectivity index (χ3v) is 4.37. The quantitative estimate of drug-likeness (QED) is 0.363. The number of nitrogens with zero attached hydrogens (tertiary/aromatic N) is 4. The van der Waals surface area contributed by atoms with Crippen LogP contribution in [0.5, 0.6) is 11.6 Å². The minimum Gasteiger partial charge on any atom is -0.431 e. The first kappa shape index (κ1) is 19.2. The molecule has 0 radical (unpaired) electrons. The van der Waals surface area contributed by atoms with E-state index in [1.165, 1.54) is 18.5 Å². The predicted molar refractivity (Wildman–Crippen MR) is 109 cm³/mol. The fourth-order valence-corrected chi connectivity index (χ4v) is 2.92. The zero-order valence-electron chi connectivity index (χ0n) is 15.9. The number of ether oxygens (including phenoxy) is 1. The van der Waals surface area contributed by atoms with E-state index < -0.39 is 10.6 Å². The molecule has 0 saturated carbocycles. The van der Waals surface area contributed by atoms with E-state index >= 15 is 0 Å². The van der Waals surface area contributed by atoms with E-state index in [-0.39, 0.29) is 24.1 Å². The summed E-state index contributed by atoms with van der Waals surface area (Å²) in [7, 11) is 0. The number of nitro groups is 1. The Labute approximate surface area is 170 Å². The largest absolute Gasteiger partial charge is 0.431 e. The van der Waals surface area contributed by atoms with E-state index in [4.69, 9.17) is 4.74 Å². The Morgan fingerprint density at radius 2 is 1.90 bits per heavy atom. The van der Waals surface area contributed by atoms with Crippen LogP contribution in [0.4, 0.5) is 15.9 Å². The number of hydrogen-bond acceptors (Lipinski definition) is 7. The molecular weight excluding hydrogens is 389 g/mol. The fraction of sp³-hybridized carbons (Fsp3) is 0.0952. The molecule has 30 heavy (non-hydrogen) atoms. The van der Waals surface area contributed by atoms with Crippen LogP contribution in [-0.4, -0.2) is 19.9 Å². The van der Waals surface area contributed by atoms with Crippen LogP contribution in [0.2, 0.25) is 0 Å². The van der Waals surface area contributed by atoms with Gasteiger partial charge in [0, 0.05) is 17.6 Å². The predicted octanol–water partition coefficient (Wildman–Crippen LogP) is 4.78. The number of benzene rings is 2. The number of rotatable bonds is 6. The van der Waals surface area contributed by atoms with E-state index in [2.05, 4.69) is 20.3 Å². The molecule has 2 heterocycles. The molecule has 2 aromatic carbocycles. The first-order valence-electron chi connectivity index (χ1n) is 9.03. The Hall–Kier alpha value is -4.14. The van der Waals surface area contributed by atoms with E-state index in [1.807, 2.05) is 25.1 Å². The molecule has 0 fully saturated rings. The molecule has 8 nitrogen and oxygen atoms in total. The average Bonchev–Trinajstić information content (AvgIpc) is 2.73. The van der Waals surface area contributed by atoms with E-state index in [9.17, 15) is 14.5 Å². The molecule has 2 aromatic heterocycles. The molecule has 0 bridgehead atoms. The highest BCUT2D eigenvalue weighted by atomic mass is 19.1. The second-order valence-electron chi connectivity index (χ2n) is 6.50. The van der Waals surface area contributed by atoms with Crippen molar-refractivity contribution in [3.05, 3.63) is 88.1 Å². The lowest BCUT2D eigenvalue weighted by Crippen LogP contribution is -2.07. The smallest absolute Gasteiger partial charge is 0.373 e. The lowest BCUT2D eigenvalue weighted by Gasteiger charge is -2.11. The topological polar surface area (TPSA) is 103 Å². The van der Waals surface area contributed by atoms with Crippen LogP contribution >= 0.6 is 0 Å². The number of aromatic nitrogens is 3. The number of hydrogen-bond donors (Lipinski definition) is 1. The number of anilines is 1. The van der Waals surface area contributed by atoms with Crippen LogP contribution in [0, 0.1) is 22.9 Å². The summed E-state index contributed by atoms with van der Waals surface area (Å²) in [6.45, 7) is 2.06. The summed E-state index contributed by atoms with van der Waals surface area (Å²) in [4.78, 5) is 23.5. The molecule has 0 amide bonds. The molecule has 4 rings (SSSR count). The van der Waals surface area contributed by atoms with Crippen molar-refractivity contribution in [3.63, 3.8) is 0 Å². The molecule has 0 aliphatic heterocycles. The van der Waals surface area contributed by atoms with Gasteiger partial charge < -0.3 is 10.1 Å². The number of fused-ring (bicyclic) bond motifs is 1. The van der Waals surface area contributed by atoms with Crippen molar-refractivity contribution < 1.29 is 14.1 Å². The maximum atomic E-state index is 13.1. The average molecular weight is 405 g/mol. The molecule has 0 spiro atoms. The summed E-state index contributed by atoms with van der Waals surface area (Å²) in [5.74, 6) is -0.213. The van der Waals surface area contributed by atoms with Crippen LogP contribution < -0.4 is 10.1 Å². The SMILES string of the molecule is Cc1ccc2cccc(Oc3ncnc(NCc4ccc(F)cc4)c3[N+](=O)[O-])c2n1. The van der Waals surface area contributed by atoms with Gasteiger partial charge in [-0.15, -0.1) is 0 Å². The summed E-state index contributed by atoms with van der Waals surface area (Å²) in [6, 6.07) is 14.9. The summed E-state index contributed by atoms with van der Waals surface area (Å²) in [6.07, 6.45) is 1.18. The van der Waals surface area contributed by atoms with Gasteiger partial charge in [0.15, 0.2) is 5.75 Å². The van der Waals surface area contributed by atoms with Gasteiger partial charge in [-0.05, 0) is 36.8 Å². The van der Waals surface area contributed by atoms with Crippen LogP contribution in [-0.2, 0) is 6.54 Å². The third kappa shape index (κ3) is 4.00. The Morgan fingerprint density at radius 1 is 1.10 bits per heavy atom. The first-order chi connectivity index (χ1) is 14.5. The van der Waals surface area contributed by atoms with Gasteiger partial charge in [-0.25, -0.2) is 14.4 Å². The standard InChI is InChI=1S/C21H16FN5O3/c1-13-5-8-15-3-2-4-17(18(15)26-13)30-21-19(27(28)29)20(24-12-25-21)23-11-14-6-9-16(22)10-7-14/h2-10,12H,11H2,1H3,(H,23,24,25). The summed E-state index contributed by atoms with van der Waals surface area (Å²) in [5.41, 5.74) is 1.70. The molecular formula is C21H16FN5O3. The van der Waals surface area contributed by atoms with Crippen LogP contribution in [0.15, 0.2) is 60.9 Å². The second-order valence-corrected chi connectivity index (χ2v) is 6.50. The zero-order chi connectivity index (χ0) is 21.1. The molecule has 0 unspecified atom stereocenters. The highest BCUT2D eigenvalue weighted by Gasteiger charge is 2.25. The van der Waals surface area contributed by atoms with Gasteiger partial charge in [0.25, 0.3) is 0 Å². The molecule has 0 saturated heterocycles. The van der Waals surface area contributed by atoms with E-state index in [1.54, 1.807) is 24.3 Å². The number of nitrogens with one attached hydrogen (secondary N) is 1. The monoisotopic (exact) mass is 405 g/mol. The van der Waals surface area contributed by atoms with Gasteiger partial charge in [0.05, 0.1) is 4.92 Å². The van der Waals surface area contributed by atoms with E-state index in [0.717, 1.165) is 16.6 Å². The maximum absolute atomic E-state index is 13.1. The van der Waals surface area contributed by atoms with E-state index in [0.29, 0.717) is 11.3 Å². The summed E-state index contributed by atoms with van der Waals surface area (Å²) < 4.78 is 18.9. The molecule has 9 heteroatoms. The van der Waals surface area contributed by atoms with Gasteiger partial charge in [0.2, 0.25) is 5.82 Å². The summed E-state index contributed by atoms with van der Waals surface area (Å²) >= 11 is 0. The van der Waals surface area contributed by atoms with Crippen molar-refractivity contribution in [2.24, 2.45) is 0 Å². The zero-order valence-corrected chi connectivity index (χ0v) is 15.9. The Bertz CT molecular complexity index is 1230. The molecule has 4 aromatic rings. The van der Waals surface area contributed by atoms with Crippen molar-refractivity contribution in [1.29, 1.82) is 0 Å². The Morgan fingerprint density at radius 3 is 2.67 bits per heavy atom. The van der Waals surface area contributed by atoms with Crippen LogP contribution in [0.25, 0.3) is 10.9 Å².